The van der Waals surface area contributed by atoms with E-state index in [0.29, 0.717) is 0 Å². The first kappa shape index (κ1) is 14.0. The summed E-state index contributed by atoms with van der Waals surface area (Å²) in [6.45, 7) is 12.9. The summed E-state index contributed by atoms with van der Waals surface area (Å²) in [4.78, 5) is 12.2. The van der Waals surface area contributed by atoms with Gasteiger partial charge >= 0.3 is 0 Å². The van der Waals surface area contributed by atoms with Gasteiger partial charge in [-0.25, -0.2) is 0 Å². The molecule has 1 saturated carbocycles. The summed E-state index contributed by atoms with van der Waals surface area (Å²) in [5, 5.41) is 3.98. The van der Waals surface area contributed by atoms with Crippen molar-refractivity contribution in [1.82, 2.24) is 5.32 Å². The highest BCUT2D eigenvalue weighted by atomic mass is 79.9. The maximum absolute atomic E-state index is 12.2. The second-order valence-electron chi connectivity index (χ2n) is 6.41. The van der Waals surface area contributed by atoms with Gasteiger partial charge in [0.15, 0.2) is 0 Å². The molecule has 1 atom stereocenters. The van der Waals surface area contributed by atoms with Crippen LogP contribution < -0.4 is 5.32 Å². The van der Waals surface area contributed by atoms with E-state index < -0.39 is 0 Å². The minimum absolute atomic E-state index is 0.119. The molecule has 1 aliphatic carbocycles. The first-order valence-electron chi connectivity index (χ1n) is 6.00. The van der Waals surface area contributed by atoms with Crippen LogP contribution in [0, 0.1) is 16.7 Å². The van der Waals surface area contributed by atoms with Gasteiger partial charge in [0.1, 0.15) is 0 Å². The van der Waals surface area contributed by atoms with Crippen LogP contribution in [0.25, 0.3) is 0 Å². The number of alkyl halides is 1. The smallest absolute Gasteiger partial charge is 0.224 e. The molecule has 0 spiro atoms. The van der Waals surface area contributed by atoms with E-state index in [1.165, 1.54) is 0 Å². The largest absolute Gasteiger partial charge is 0.350 e. The van der Waals surface area contributed by atoms with Crippen LogP contribution in [0.5, 0.6) is 0 Å². The molecule has 0 radical (unpaired) electrons. The molecule has 1 aliphatic rings. The molecule has 0 saturated heterocycles. The minimum atomic E-state index is -0.119. The summed E-state index contributed by atoms with van der Waals surface area (Å²) in [6, 6.07) is 0. The van der Waals surface area contributed by atoms with E-state index in [-0.39, 0.29) is 28.2 Å². The normalized spacial score (nSPS) is 25.9. The highest BCUT2D eigenvalue weighted by Crippen LogP contribution is 2.68. The van der Waals surface area contributed by atoms with Crippen LogP contribution in [0.3, 0.4) is 0 Å². The van der Waals surface area contributed by atoms with Crippen molar-refractivity contribution < 1.29 is 4.79 Å². The first-order valence-corrected chi connectivity index (χ1v) is 7.12. The molecule has 0 aliphatic heterocycles. The fourth-order valence-electron chi connectivity index (χ4n) is 2.44. The Morgan fingerprint density at radius 2 is 1.75 bits per heavy atom. The second kappa shape index (κ2) is 4.01. The zero-order chi connectivity index (χ0) is 12.8. The van der Waals surface area contributed by atoms with Gasteiger partial charge in [-0.3, -0.25) is 4.79 Å². The van der Waals surface area contributed by atoms with Crippen molar-refractivity contribution in [2.24, 2.45) is 16.7 Å². The van der Waals surface area contributed by atoms with Crippen LogP contribution >= 0.6 is 15.9 Å². The molecule has 3 heteroatoms. The fourth-order valence-corrected chi connectivity index (χ4v) is 2.97. The molecular weight excluding hydrogens is 266 g/mol. The molecule has 1 amide bonds. The average Bonchev–Trinajstić information content (AvgIpc) is 2.57. The number of hydrogen-bond acceptors (Lipinski definition) is 1. The minimum Gasteiger partial charge on any atom is -0.350 e. The Morgan fingerprint density at radius 3 is 2.00 bits per heavy atom. The Hall–Kier alpha value is -0.0500. The van der Waals surface area contributed by atoms with Crippen LogP contribution in [-0.4, -0.2) is 16.8 Å². The van der Waals surface area contributed by atoms with Gasteiger partial charge in [-0.05, 0) is 24.2 Å². The fraction of sp³-hybridized carbons (Fsp3) is 0.923. The molecule has 1 unspecified atom stereocenters. The number of halogens is 1. The molecule has 0 bridgehead atoms. The molecule has 0 aromatic rings. The number of carbonyl (C=O) groups is 1. The van der Waals surface area contributed by atoms with E-state index >= 15 is 0 Å². The Kier molecular flexibility index (Phi) is 3.51. The van der Waals surface area contributed by atoms with E-state index in [1.54, 1.807) is 0 Å². The van der Waals surface area contributed by atoms with Gasteiger partial charge < -0.3 is 5.32 Å². The average molecular weight is 290 g/mol. The summed E-state index contributed by atoms with van der Waals surface area (Å²) in [5.74, 6) is 0.351. The summed E-state index contributed by atoms with van der Waals surface area (Å²) < 4.78 is 0. The molecule has 0 heterocycles. The third kappa shape index (κ3) is 2.03. The third-order valence-electron chi connectivity index (χ3n) is 4.78. The van der Waals surface area contributed by atoms with Crippen molar-refractivity contribution in [2.75, 3.05) is 5.33 Å². The van der Waals surface area contributed by atoms with Crippen molar-refractivity contribution >= 4 is 21.8 Å². The molecule has 2 nitrogen and oxygen atoms in total. The lowest BCUT2D eigenvalue weighted by Gasteiger charge is -2.27. The van der Waals surface area contributed by atoms with Gasteiger partial charge in [0.2, 0.25) is 5.91 Å². The molecule has 0 aromatic carbocycles. The van der Waals surface area contributed by atoms with Crippen molar-refractivity contribution in [3.8, 4) is 0 Å². The van der Waals surface area contributed by atoms with E-state index in [0.717, 1.165) is 11.8 Å². The Balaban J connectivity index is 2.70. The van der Waals surface area contributed by atoms with Gasteiger partial charge in [-0.1, -0.05) is 50.5 Å². The SMILES string of the molecule is CCC(C)(CBr)NC(=O)C1C(C)(C)C1(C)C. The number of rotatable bonds is 4. The molecule has 1 N–H and O–H groups in total. The summed E-state index contributed by atoms with van der Waals surface area (Å²) in [6.07, 6.45) is 0.942. The van der Waals surface area contributed by atoms with Crippen LogP contribution in [-0.2, 0) is 4.79 Å². The van der Waals surface area contributed by atoms with Gasteiger partial charge in [0, 0.05) is 16.8 Å². The lowest BCUT2D eigenvalue weighted by molar-refractivity contribution is -0.125. The van der Waals surface area contributed by atoms with E-state index in [4.69, 9.17) is 0 Å². The van der Waals surface area contributed by atoms with Crippen molar-refractivity contribution in [1.29, 1.82) is 0 Å². The maximum atomic E-state index is 12.2. The Labute approximate surface area is 108 Å². The van der Waals surface area contributed by atoms with Crippen molar-refractivity contribution in [2.45, 2.75) is 53.5 Å². The van der Waals surface area contributed by atoms with Gasteiger partial charge in [0.05, 0.1) is 0 Å². The molecular formula is C13H24BrNO. The lowest BCUT2D eigenvalue weighted by Crippen LogP contribution is -2.48. The van der Waals surface area contributed by atoms with Gasteiger partial charge in [-0.15, -0.1) is 0 Å². The topological polar surface area (TPSA) is 29.1 Å². The molecule has 94 valence electrons. The standard InChI is InChI=1S/C13H24BrNO/c1-7-13(6,8-14)15-10(16)9-11(2,3)12(9,4)5/h9H,7-8H2,1-6H3,(H,15,16). The second-order valence-corrected chi connectivity index (χ2v) is 6.97. The zero-order valence-corrected chi connectivity index (χ0v) is 12.9. The summed E-state index contributed by atoms with van der Waals surface area (Å²) >= 11 is 3.47. The van der Waals surface area contributed by atoms with Gasteiger partial charge in [0.25, 0.3) is 0 Å². The monoisotopic (exact) mass is 289 g/mol. The van der Waals surface area contributed by atoms with Crippen LogP contribution in [0.15, 0.2) is 0 Å². The highest BCUT2D eigenvalue weighted by Gasteiger charge is 2.68. The van der Waals surface area contributed by atoms with Crippen LogP contribution in [0.2, 0.25) is 0 Å². The van der Waals surface area contributed by atoms with E-state index in [1.807, 2.05) is 0 Å². The Bertz CT molecular complexity index is 278. The van der Waals surface area contributed by atoms with Gasteiger partial charge in [-0.2, -0.15) is 0 Å². The third-order valence-corrected chi connectivity index (χ3v) is 6.02. The van der Waals surface area contributed by atoms with E-state index in [9.17, 15) is 4.79 Å². The number of carbonyl (C=O) groups excluding carboxylic acids is 1. The van der Waals surface area contributed by atoms with Crippen molar-refractivity contribution in [3.63, 3.8) is 0 Å². The maximum Gasteiger partial charge on any atom is 0.224 e. The first-order chi connectivity index (χ1) is 7.12. The summed E-state index contributed by atoms with van der Waals surface area (Å²) in [7, 11) is 0. The quantitative estimate of drug-likeness (QED) is 0.790. The number of hydrogen-bond donors (Lipinski definition) is 1. The molecule has 16 heavy (non-hydrogen) atoms. The van der Waals surface area contributed by atoms with Crippen LogP contribution in [0.1, 0.15) is 48.0 Å². The van der Waals surface area contributed by atoms with Crippen LogP contribution in [0.4, 0.5) is 0 Å². The Morgan fingerprint density at radius 1 is 1.31 bits per heavy atom. The zero-order valence-electron chi connectivity index (χ0n) is 11.3. The number of amides is 1. The summed E-state index contributed by atoms with van der Waals surface area (Å²) in [5.41, 5.74) is 0.127. The highest BCUT2D eigenvalue weighted by molar-refractivity contribution is 9.09. The lowest BCUT2D eigenvalue weighted by atomic mass is 10.0. The predicted octanol–water partition coefficient (Wildman–Crippen LogP) is 3.35. The molecule has 1 fully saturated rings. The predicted molar refractivity (Wildman–Crippen MR) is 71.7 cm³/mol. The van der Waals surface area contributed by atoms with E-state index in [2.05, 4.69) is 62.8 Å². The molecule has 1 rings (SSSR count). The number of nitrogens with one attached hydrogen (secondary N) is 1. The molecule has 0 aromatic heterocycles. The van der Waals surface area contributed by atoms with Crippen molar-refractivity contribution in [3.05, 3.63) is 0 Å².